The zero-order valence-electron chi connectivity index (χ0n) is 9.65. The molecule has 0 bridgehead atoms. The van der Waals surface area contributed by atoms with Crippen LogP contribution in [0.15, 0.2) is 0 Å². The molecule has 0 radical (unpaired) electrons. The van der Waals surface area contributed by atoms with Crippen molar-refractivity contribution in [3.8, 4) is 0 Å². The van der Waals surface area contributed by atoms with Gasteiger partial charge >= 0.3 is 0 Å². The molecule has 0 aliphatic heterocycles. The fourth-order valence-corrected chi connectivity index (χ4v) is 1.09. The first kappa shape index (κ1) is 13.8. The van der Waals surface area contributed by atoms with E-state index >= 15 is 0 Å². The molecule has 0 aliphatic carbocycles. The van der Waals surface area contributed by atoms with Crippen LogP contribution in [0.4, 0.5) is 0 Å². The summed E-state index contributed by atoms with van der Waals surface area (Å²) in [5.74, 6) is 0. The van der Waals surface area contributed by atoms with Gasteiger partial charge in [-0.2, -0.15) is 0 Å². The van der Waals surface area contributed by atoms with Crippen LogP contribution in [-0.2, 0) is 18.9 Å². The van der Waals surface area contributed by atoms with Gasteiger partial charge in [0.15, 0.2) is 0 Å². The Hall–Kier alpha value is -0.200. The van der Waals surface area contributed by atoms with Gasteiger partial charge in [0.05, 0.1) is 0 Å². The van der Waals surface area contributed by atoms with Gasteiger partial charge in [0.2, 0.25) is 12.8 Å². The zero-order chi connectivity index (χ0) is 11.0. The van der Waals surface area contributed by atoms with Gasteiger partial charge in [0.25, 0.3) is 0 Å². The average molecular weight is 207 g/mol. The van der Waals surface area contributed by atoms with Crippen molar-refractivity contribution >= 4 is 0 Å². The molecule has 0 saturated heterocycles. The fraction of sp³-hybridized carbons (Fsp3) is 1.00. The molecular formula is C9H21NO4. The van der Waals surface area contributed by atoms with Gasteiger partial charge in [-0.25, -0.2) is 4.90 Å². The predicted molar refractivity (Wildman–Crippen MR) is 52.6 cm³/mol. The second kappa shape index (κ2) is 8.14. The second-order valence-electron chi connectivity index (χ2n) is 2.66. The number of nitrogens with zero attached hydrogens (tertiary/aromatic N) is 1. The van der Waals surface area contributed by atoms with E-state index in [1.54, 1.807) is 19.1 Å². The van der Waals surface area contributed by atoms with Crippen LogP contribution in [0, 0.1) is 0 Å². The fourth-order valence-electron chi connectivity index (χ4n) is 1.09. The summed E-state index contributed by atoms with van der Waals surface area (Å²) in [4.78, 5) is 1.73. The maximum Gasteiger partial charge on any atom is 0.222 e. The summed E-state index contributed by atoms with van der Waals surface area (Å²) in [5.41, 5.74) is 0. The van der Waals surface area contributed by atoms with E-state index in [1.165, 1.54) is 0 Å². The summed E-state index contributed by atoms with van der Waals surface area (Å²) in [6.07, 6.45) is -0.895. The molecule has 0 saturated carbocycles. The van der Waals surface area contributed by atoms with Crippen LogP contribution in [-0.4, -0.2) is 52.2 Å². The predicted octanol–water partition coefficient (Wildman–Crippen LogP) is 0.851. The smallest absolute Gasteiger partial charge is 0.222 e. The van der Waals surface area contributed by atoms with Crippen LogP contribution >= 0.6 is 0 Å². The molecule has 0 amide bonds. The highest BCUT2D eigenvalue weighted by molar-refractivity contribution is 4.47. The molecular weight excluding hydrogens is 186 g/mol. The van der Waals surface area contributed by atoms with Gasteiger partial charge in [-0.05, 0) is 20.9 Å². The van der Waals surface area contributed by atoms with Crippen molar-refractivity contribution in [2.45, 2.75) is 26.7 Å². The van der Waals surface area contributed by atoms with Gasteiger partial charge in [0, 0.05) is 27.4 Å². The maximum absolute atomic E-state index is 5.33. The average Bonchev–Trinajstić information content (AvgIpc) is 2.21. The van der Waals surface area contributed by atoms with Crippen molar-refractivity contribution < 1.29 is 18.9 Å². The molecule has 0 rings (SSSR count). The lowest BCUT2D eigenvalue weighted by atomic mass is 10.7. The van der Waals surface area contributed by atoms with E-state index in [0.29, 0.717) is 13.2 Å². The topological polar surface area (TPSA) is 40.2 Å². The van der Waals surface area contributed by atoms with Crippen molar-refractivity contribution in [3.05, 3.63) is 0 Å². The summed E-state index contributed by atoms with van der Waals surface area (Å²) >= 11 is 0. The van der Waals surface area contributed by atoms with Gasteiger partial charge in [-0.3, -0.25) is 0 Å². The van der Waals surface area contributed by atoms with E-state index in [1.807, 2.05) is 20.9 Å². The minimum Gasteiger partial charge on any atom is -0.343 e. The molecule has 0 fully saturated rings. The van der Waals surface area contributed by atoms with E-state index in [-0.39, 0.29) is 0 Å². The lowest BCUT2D eigenvalue weighted by Gasteiger charge is -2.31. The highest BCUT2D eigenvalue weighted by atomic mass is 16.7. The number of hydrogen-bond acceptors (Lipinski definition) is 5. The summed E-state index contributed by atoms with van der Waals surface area (Å²) in [7, 11) is 4.97. The van der Waals surface area contributed by atoms with Crippen LogP contribution in [0.5, 0.6) is 0 Å². The second-order valence-corrected chi connectivity index (χ2v) is 2.66. The molecule has 14 heavy (non-hydrogen) atoms. The molecule has 5 nitrogen and oxygen atoms in total. The summed E-state index contributed by atoms with van der Waals surface area (Å²) in [6.45, 7) is 4.96. The van der Waals surface area contributed by atoms with E-state index in [9.17, 15) is 0 Å². The summed E-state index contributed by atoms with van der Waals surface area (Å²) in [5, 5.41) is 0. The van der Waals surface area contributed by atoms with E-state index in [4.69, 9.17) is 18.9 Å². The Kier molecular flexibility index (Phi) is 8.02. The first-order valence-electron chi connectivity index (χ1n) is 4.71. The first-order chi connectivity index (χ1) is 6.71. The van der Waals surface area contributed by atoms with Crippen LogP contribution < -0.4 is 0 Å². The highest BCUT2D eigenvalue weighted by Gasteiger charge is 2.22. The normalized spacial score (nSPS) is 15.9. The van der Waals surface area contributed by atoms with Crippen molar-refractivity contribution in [1.82, 2.24) is 4.90 Å². The van der Waals surface area contributed by atoms with Crippen molar-refractivity contribution in [3.63, 3.8) is 0 Å². The molecule has 2 unspecified atom stereocenters. The first-order valence-corrected chi connectivity index (χ1v) is 4.71. The zero-order valence-corrected chi connectivity index (χ0v) is 9.65. The third kappa shape index (κ3) is 4.34. The Labute approximate surface area is 85.9 Å². The molecule has 0 N–H and O–H groups in total. The van der Waals surface area contributed by atoms with Gasteiger partial charge in [-0.1, -0.05) is 0 Å². The standard InChI is InChI=1S/C9H21NO4/c1-6-13-8(11-4)10(3)9(12-5)14-7-2/h8-9H,6-7H2,1-5H3. The van der Waals surface area contributed by atoms with Crippen LogP contribution in [0.2, 0.25) is 0 Å². The maximum atomic E-state index is 5.33. The van der Waals surface area contributed by atoms with Crippen LogP contribution in [0.25, 0.3) is 0 Å². The van der Waals surface area contributed by atoms with Crippen molar-refractivity contribution in [2.75, 3.05) is 34.5 Å². The quantitative estimate of drug-likeness (QED) is 0.552. The Bertz CT molecular complexity index is 120. The lowest BCUT2D eigenvalue weighted by Crippen LogP contribution is -2.45. The minimum absolute atomic E-state index is 0.448. The van der Waals surface area contributed by atoms with Crippen molar-refractivity contribution in [1.29, 1.82) is 0 Å². The number of methoxy groups -OCH3 is 2. The molecule has 0 aromatic heterocycles. The molecule has 86 valence electrons. The molecule has 0 heterocycles. The van der Waals surface area contributed by atoms with Gasteiger partial charge in [-0.15, -0.1) is 0 Å². The molecule has 5 heteroatoms. The molecule has 2 atom stereocenters. The van der Waals surface area contributed by atoms with Crippen LogP contribution in [0.1, 0.15) is 13.8 Å². The van der Waals surface area contributed by atoms with Gasteiger partial charge in [0.1, 0.15) is 0 Å². The molecule has 0 aromatic carbocycles. The van der Waals surface area contributed by atoms with Crippen LogP contribution in [0.3, 0.4) is 0 Å². The SMILES string of the molecule is CCOC(OC)N(C)C(OC)OCC. The van der Waals surface area contributed by atoms with E-state index in [2.05, 4.69) is 0 Å². The van der Waals surface area contributed by atoms with E-state index in [0.717, 1.165) is 0 Å². The Morgan fingerprint density at radius 3 is 1.50 bits per heavy atom. The Balaban J connectivity index is 4.13. The molecule has 0 aromatic rings. The number of hydrogen-bond donors (Lipinski definition) is 0. The van der Waals surface area contributed by atoms with E-state index < -0.39 is 12.8 Å². The summed E-state index contributed by atoms with van der Waals surface area (Å²) in [6, 6.07) is 0. The molecule has 0 spiro atoms. The third-order valence-electron chi connectivity index (χ3n) is 1.69. The Morgan fingerprint density at radius 1 is 0.929 bits per heavy atom. The highest BCUT2D eigenvalue weighted by Crippen LogP contribution is 2.07. The minimum atomic E-state index is -0.448. The monoisotopic (exact) mass is 207 g/mol. The molecule has 0 aliphatic rings. The largest absolute Gasteiger partial charge is 0.343 e. The lowest BCUT2D eigenvalue weighted by molar-refractivity contribution is -0.300. The Morgan fingerprint density at radius 2 is 1.29 bits per heavy atom. The summed E-state index contributed by atoms with van der Waals surface area (Å²) < 4.78 is 20.9. The van der Waals surface area contributed by atoms with Gasteiger partial charge < -0.3 is 18.9 Å². The number of rotatable bonds is 8. The number of ether oxygens (including phenoxy) is 4. The van der Waals surface area contributed by atoms with Crippen molar-refractivity contribution in [2.24, 2.45) is 0 Å². The third-order valence-corrected chi connectivity index (χ3v) is 1.69.